The molecule has 20 heavy (non-hydrogen) atoms. The third-order valence-corrected chi connectivity index (χ3v) is 3.38. The van der Waals surface area contributed by atoms with Crippen molar-refractivity contribution in [3.8, 4) is 0 Å². The lowest BCUT2D eigenvalue weighted by Crippen LogP contribution is -2.40. The van der Waals surface area contributed by atoms with Gasteiger partial charge in [-0.05, 0) is 17.5 Å². The van der Waals surface area contributed by atoms with Gasteiger partial charge in [-0.25, -0.2) is 0 Å². The van der Waals surface area contributed by atoms with Crippen LogP contribution in [0.3, 0.4) is 0 Å². The minimum Gasteiger partial charge on any atom is -0.387 e. The summed E-state index contributed by atoms with van der Waals surface area (Å²) in [6.07, 6.45) is 3.14. The van der Waals surface area contributed by atoms with Gasteiger partial charge in [-0.1, -0.05) is 31.2 Å². The summed E-state index contributed by atoms with van der Waals surface area (Å²) in [4.78, 5) is 23.3. The summed E-state index contributed by atoms with van der Waals surface area (Å²) >= 11 is 0. The summed E-state index contributed by atoms with van der Waals surface area (Å²) in [6.45, 7) is 2.13. The minimum atomic E-state index is -0.814. The predicted octanol–water partition coefficient (Wildman–Crippen LogP) is 0.843. The predicted molar refractivity (Wildman–Crippen MR) is 76.7 cm³/mol. The highest BCUT2D eigenvalue weighted by atomic mass is 16.3. The molecule has 1 aromatic carbocycles. The molecule has 106 valence electrons. The van der Waals surface area contributed by atoms with Crippen molar-refractivity contribution in [3.63, 3.8) is 0 Å². The molecular formula is C15H18N2O3. The van der Waals surface area contributed by atoms with E-state index in [1.165, 1.54) is 34.1 Å². The highest BCUT2D eigenvalue weighted by molar-refractivity contribution is 5.24. The monoisotopic (exact) mass is 274 g/mol. The van der Waals surface area contributed by atoms with Gasteiger partial charge in [0.2, 0.25) is 0 Å². The van der Waals surface area contributed by atoms with Crippen molar-refractivity contribution in [2.75, 3.05) is 0 Å². The molecule has 1 unspecified atom stereocenters. The Bertz CT molecular complexity index is 698. The summed E-state index contributed by atoms with van der Waals surface area (Å²) in [5, 5.41) is 10.2. The molecule has 0 saturated carbocycles. The lowest BCUT2D eigenvalue weighted by atomic mass is 10.1. The van der Waals surface area contributed by atoms with Crippen LogP contribution >= 0.6 is 0 Å². The van der Waals surface area contributed by atoms with Crippen molar-refractivity contribution in [2.45, 2.75) is 26.0 Å². The Hall–Kier alpha value is -2.14. The maximum Gasteiger partial charge on any atom is 0.316 e. The highest BCUT2D eigenvalue weighted by Gasteiger charge is 2.11. The van der Waals surface area contributed by atoms with E-state index in [-0.39, 0.29) is 6.54 Å². The molecule has 0 bridgehead atoms. The van der Waals surface area contributed by atoms with Gasteiger partial charge < -0.3 is 14.2 Å². The van der Waals surface area contributed by atoms with Crippen molar-refractivity contribution >= 4 is 0 Å². The van der Waals surface area contributed by atoms with Crippen LogP contribution in [-0.4, -0.2) is 14.2 Å². The zero-order valence-electron chi connectivity index (χ0n) is 11.6. The number of rotatable bonds is 4. The summed E-state index contributed by atoms with van der Waals surface area (Å²) in [6, 6.07) is 7.59. The van der Waals surface area contributed by atoms with Gasteiger partial charge in [-0.2, -0.15) is 0 Å². The largest absolute Gasteiger partial charge is 0.387 e. The Balaban J connectivity index is 2.23. The second-order valence-electron chi connectivity index (χ2n) is 4.78. The molecule has 0 aliphatic heterocycles. The molecule has 2 rings (SSSR count). The molecule has 0 aliphatic carbocycles. The minimum absolute atomic E-state index is 0.0698. The van der Waals surface area contributed by atoms with E-state index < -0.39 is 17.2 Å². The van der Waals surface area contributed by atoms with Gasteiger partial charge in [0.05, 0.1) is 12.6 Å². The van der Waals surface area contributed by atoms with E-state index in [9.17, 15) is 14.7 Å². The lowest BCUT2D eigenvalue weighted by Gasteiger charge is -2.13. The third-order valence-electron chi connectivity index (χ3n) is 3.38. The van der Waals surface area contributed by atoms with E-state index in [4.69, 9.17) is 0 Å². The molecule has 2 aromatic rings. The summed E-state index contributed by atoms with van der Waals surface area (Å²) < 4.78 is 2.46. The number of hydrogen-bond acceptors (Lipinski definition) is 3. The average molecular weight is 274 g/mol. The Morgan fingerprint density at radius 3 is 2.35 bits per heavy atom. The van der Waals surface area contributed by atoms with Crippen LogP contribution < -0.4 is 11.1 Å². The summed E-state index contributed by atoms with van der Waals surface area (Å²) in [5.74, 6) is 0. The average Bonchev–Trinajstić information content (AvgIpc) is 2.48. The van der Waals surface area contributed by atoms with Crippen molar-refractivity contribution in [1.82, 2.24) is 9.13 Å². The van der Waals surface area contributed by atoms with Crippen molar-refractivity contribution < 1.29 is 5.11 Å². The van der Waals surface area contributed by atoms with Crippen LogP contribution in [0.2, 0.25) is 0 Å². The fourth-order valence-electron chi connectivity index (χ4n) is 2.00. The van der Waals surface area contributed by atoms with Crippen LogP contribution in [-0.2, 0) is 20.0 Å². The fraction of sp³-hybridized carbons (Fsp3) is 0.333. The quantitative estimate of drug-likeness (QED) is 0.840. The highest BCUT2D eigenvalue weighted by Crippen LogP contribution is 2.15. The lowest BCUT2D eigenvalue weighted by molar-refractivity contribution is 0.154. The molecule has 1 heterocycles. The van der Waals surface area contributed by atoms with Crippen LogP contribution in [0.4, 0.5) is 0 Å². The van der Waals surface area contributed by atoms with E-state index in [1.807, 2.05) is 24.3 Å². The van der Waals surface area contributed by atoms with Crippen LogP contribution in [0.15, 0.2) is 46.2 Å². The van der Waals surface area contributed by atoms with Crippen LogP contribution in [0.25, 0.3) is 0 Å². The SMILES string of the molecule is CCc1ccc(C(O)Cn2ccn(C)c(=O)c2=O)cc1. The van der Waals surface area contributed by atoms with Crippen molar-refractivity contribution in [3.05, 3.63) is 68.5 Å². The zero-order chi connectivity index (χ0) is 14.7. The Labute approximate surface area is 116 Å². The molecule has 5 heteroatoms. The number of aryl methyl sites for hydroxylation is 2. The zero-order valence-corrected chi connectivity index (χ0v) is 11.6. The van der Waals surface area contributed by atoms with Gasteiger partial charge in [0, 0.05) is 19.4 Å². The number of benzene rings is 1. The summed E-state index contributed by atoms with van der Waals surface area (Å²) in [7, 11) is 1.52. The molecule has 5 nitrogen and oxygen atoms in total. The van der Waals surface area contributed by atoms with E-state index in [1.54, 1.807) is 0 Å². The van der Waals surface area contributed by atoms with Crippen molar-refractivity contribution in [2.24, 2.45) is 7.05 Å². The molecule has 1 atom stereocenters. The number of aliphatic hydroxyl groups is 1. The van der Waals surface area contributed by atoms with Gasteiger partial charge in [0.15, 0.2) is 0 Å². The summed E-state index contributed by atoms with van der Waals surface area (Å²) in [5.41, 5.74) is 0.696. The van der Waals surface area contributed by atoms with Gasteiger partial charge in [0.1, 0.15) is 0 Å². The fourth-order valence-corrected chi connectivity index (χ4v) is 2.00. The molecule has 0 aliphatic rings. The Kier molecular flexibility index (Phi) is 4.20. The number of nitrogens with zero attached hydrogens (tertiary/aromatic N) is 2. The Morgan fingerprint density at radius 2 is 1.75 bits per heavy atom. The second-order valence-corrected chi connectivity index (χ2v) is 4.78. The number of hydrogen-bond donors (Lipinski definition) is 1. The smallest absolute Gasteiger partial charge is 0.316 e. The topological polar surface area (TPSA) is 64.2 Å². The first-order chi connectivity index (χ1) is 9.52. The van der Waals surface area contributed by atoms with Gasteiger partial charge in [-0.15, -0.1) is 0 Å². The van der Waals surface area contributed by atoms with Gasteiger partial charge >= 0.3 is 11.1 Å². The number of aliphatic hydroxyl groups excluding tert-OH is 1. The second kappa shape index (κ2) is 5.88. The van der Waals surface area contributed by atoms with E-state index >= 15 is 0 Å². The van der Waals surface area contributed by atoms with Gasteiger partial charge in [-0.3, -0.25) is 9.59 Å². The van der Waals surface area contributed by atoms with E-state index in [0.717, 1.165) is 12.0 Å². The number of aromatic nitrogens is 2. The maximum absolute atomic E-state index is 11.8. The molecule has 1 aromatic heterocycles. The normalized spacial score (nSPS) is 12.3. The maximum atomic E-state index is 11.8. The molecule has 0 radical (unpaired) electrons. The van der Waals surface area contributed by atoms with E-state index in [2.05, 4.69) is 6.92 Å². The Morgan fingerprint density at radius 1 is 1.10 bits per heavy atom. The van der Waals surface area contributed by atoms with Crippen LogP contribution in [0, 0.1) is 0 Å². The first-order valence-corrected chi connectivity index (χ1v) is 6.56. The third kappa shape index (κ3) is 2.88. The molecular weight excluding hydrogens is 256 g/mol. The van der Waals surface area contributed by atoms with Crippen molar-refractivity contribution in [1.29, 1.82) is 0 Å². The first-order valence-electron chi connectivity index (χ1n) is 6.56. The van der Waals surface area contributed by atoms with E-state index in [0.29, 0.717) is 0 Å². The molecule has 1 N–H and O–H groups in total. The van der Waals surface area contributed by atoms with Gasteiger partial charge in [0.25, 0.3) is 0 Å². The molecule has 0 fully saturated rings. The molecule has 0 amide bonds. The molecule has 0 spiro atoms. The molecule has 0 saturated heterocycles. The van der Waals surface area contributed by atoms with Crippen LogP contribution in [0.5, 0.6) is 0 Å². The standard InChI is InChI=1S/C15H18N2O3/c1-3-11-4-6-12(7-5-11)13(18)10-17-9-8-16(2)14(19)15(17)20/h4-9,13,18H,3,10H2,1-2H3. The first kappa shape index (κ1) is 14.3. The van der Waals surface area contributed by atoms with Crippen LogP contribution in [0.1, 0.15) is 24.2 Å².